The summed E-state index contributed by atoms with van der Waals surface area (Å²) >= 11 is 5.38. The van der Waals surface area contributed by atoms with Gasteiger partial charge in [-0.15, -0.1) is 0 Å². The van der Waals surface area contributed by atoms with Crippen LogP contribution in [0.5, 0.6) is 5.75 Å². The molecule has 0 heterocycles. The summed E-state index contributed by atoms with van der Waals surface area (Å²) in [4.78, 5) is 0. The molecule has 26 heavy (non-hydrogen) atoms. The largest absolute Gasteiger partial charge is 0.490 e. The van der Waals surface area contributed by atoms with E-state index in [1.165, 1.54) is 36.8 Å². The molecule has 1 aliphatic rings. The van der Waals surface area contributed by atoms with Crippen LogP contribution in [0.1, 0.15) is 43.2 Å². The third kappa shape index (κ3) is 6.03. The average molecular weight is 369 g/mol. The summed E-state index contributed by atoms with van der Waals surface area (Å²) in [6, 6.07) is 16.7. The molecule has 1 fully saturated rings. The Kier molecular flexibility index (Phi) is 6.89. The van der Waals surface area contributed by atoms with Gasteiger partial charge in [0.25, 0.3) is 0 Å². The lowest BCUT2D eigenvalue weighted by molar-refractivity contribution is 0.210. The summed E-state index contributed by atoms with van der Waals surface area (Å²) in [5.74, 6) is 0.944. The molecule has 3 nitrogen and oxygen atoms in total. The topological polar surface area (TPSA) is 33.3 Å². The van der Waals surface area contributed by atoms with Crippen LogP contribution in [0, 0.1) is 6.92 Å². The molecule has 1 saturated carbocycles. The van der Waals surface area contributed by atoms with Gasteiger partial charge in [0.2, 0.25) is 0 Å². The number of nitrogens with one attached hydrogen (secondary N) is 2. The van der Waals surface area contributed by atoms with Crippen molar-refractivity contribution in [2.24, 2.45) is 0 Å². The van der Waals surface area contributed by atoms with Crippen LogP contribution in [0.3, 0.4) is 0 Å². The normalized spacial score (nSPS) is 14.2. The van der Waals surface area contributed by atoms with Crippen molar-refractivity contribution in [3.63, 3.8) is 0 Å². The minimum Gasteiger partial charge on any atom is -0.490 e. The fourth-order valence-electron chi connectivity index (χ4n) is 3.35. The van der Waals surface area contributed by atoms with E-state index >= 15 is 0 Å². The standard InChI is InChI=1S/C22H28N2OS/c1-17-6-4-7-18(16-17)8-5-15-23-22(26)24-19-11-13-21(14-12-19)25-20-9-2-3-10-20/h4,6-7,11-14,16,20H,2-3,5,8-10,15H2,1H3,(H2,23,24,26). The van der Waals surface area contributed by atoms with E-state index < -0.39 is 0 Å². The summed E-state index contributed by atoms with van der Waals surface area (Å²) in [5, 5.41) is 7.18. The molecule has 0 aliphatic heterocycles. The molecule has 0 aromatic heterocycles. The van der Waals surface area contributed by atoms with E-state index in [1.54, 1.807) is 0 Å². The number of hydrogen-bond acceptors (Lipinski definition) is 2. The number of benzene rings is 2. The highest BCUT2D eigenvalue weighted by Gasteiger charge is 2.16. The third-order valence-electron chi connectivity index (χ3n) is 4.73. The Bertz CT molecular complexity index is 708. The fourth-order valence-corrected chi connectivity index (χ4v) is 3.57. The van der Waals surface area contributed by atoms with E-state index in [1.807, 2.05) is 24.3 Å². The Morgan fingerprint density at radius 3 is 2.62 bits per heavy atom. The second-order valence-corrected chi connectivity index (χ2v) is 7.43. The molecule has 0 radical (unpaired) electrons. The van der Waals surface area contributed by atoms with E-state index in [4.69, 9.17) is 17.0 Å². The molecule has 0 amide bonds. The number of thiocarbonyl (C=S) groups is 1. The molecular formula is C22H28N2OS. The van der Waals surface area contributed by atoms with Crippen LogP contribution in [0.25, 0.3) is 0 Å². The lowest BCUT2D eigenvalue weighted by Gasteiger charge is -2.14. The lowest BCUT2D eigenvalue weighted by Crippen LogP contribution is -2.29. The minimum atomic E-state index is 0.393. The van der Waals surface area contributed by atoms with Crippen LogP contribution >= 0.6 is 12.2 Å². The molecular weight excluding hydrogens is 340 g/mol. The summed E-state index contributed by atoms with van der Waals surface area (Å²) < 4.78 is 5.99. The van der Waals surface area contributed by atoms with Crippen molar-refractivity contribution in [2.75, 3.05) is 11.9 Å². The minimum absolute atomic E-state index is 0.393. The fraction of sp³-hybridized carbons (Fsp3) is 0.409. The molecule has 0 saturated heterocycles. The van der Waals surface area contributed by atoms with Gasteiger partial charge in [-0.2, -0.15) is 0 Å². The van der Waals surface area contributed by atoms with Gasteiger partial charge in [-0.1, -0.05) is 29.8 Å². The number of ether oxygens (including phenoxy) is 1. The van der Waals surface area contributed by atoms with Crippen molar-refractivity contribution in [3.8, 4) is 5.75 Å². The Morgan fingerprint density at radius 1 is 1.12 bits per heavy atom. The molecule has 1 aliphatic carbocycles. The molecule has 0 atom stereocenters. The Morgan fingerprint density at radius 2 is 1.88 bits per heavy atom. The molecule has 4 heteroatoms. The molecule has 2 aromatic rings. The van der Waals surface area contributed by atoms with Gasteiger partial charge in [0, 0.05) is 12.2 Å². The molecule has 0 spiro atoms. The lowest BCUT2D eigenvalue weighted by atomic mass is 10.1. The van der Waals surface area contributed by atoms with Gasteiger partial charge in [-0.25, -0.2) is 0 Å². The van der Waals surface area contributed by atoms with E-state index in [9.17, 15) is 0 Å². The quantitative estimate of drug-likeness (QED) is 0.517. The van der Waals surface area contributed by atoms with Crippen molar-refractivity contribution < 1.29 is 4.74 Å². The summed E-state index contributed by atoms with van der Waals surface area (Å²) in [6.07, 6.45) is 7.43. The monoisotopic (exact) mass is 368 g/mol. The van der Waals surface area contributed by atoms with Crippen LogP contribution in [0.4, 0.5) is 5.69 Å². The SMILES string of the molecule is Cc1cccc(CCCNC(=S)Nc2ccc(OC3CCCC3)cc2)c1. The Balaban J connectivity index is 1.36. The third-order valence-corrected chi connectivity index (χ3v) is 4.97. The predicted octanol–water partition coefficient (Wildman–Crippen LogP) is 5.24. The van der Waals surface area contributed by atoms with E-state index in [-0.39, 0.29) is 0 Å². The van der Waals surface area contributed by atoms with Crippen LogP contribution in [-0.4, -0.2) is 17.8 Å². The van der Waals surface area contributed by atoms with Gasteiger partial charge < -0.3 is 15.4 Å². The maximum atomic E-state index is 5.99. The van der Waals surface area contributed by atoms with Crippen LogP contribution in [0.2, 0.25) is 0 Å². The smallest absolute Gasteiger partial charge is 0.170 e. The van der Waals surface area contributed by atoms with Crippen molar-refractivity contribution >= 4 is 23.0 Å². The zero-order valence-electron chi connectivity index (χ0n) is 15.5. The predicted molar refractivity (Wildman–Crippen MR) is 113 cm³/mol. The Labute approximate surface area is 162 Å². The molecule has 0 unspecified atom stereocenters. The molecule has 0 bridgehead atoms. The number of aryl methyl sites for hydroxylation is 2. The zero-order valence-corrected chi connectivity index (χ0v) is 16.3. The highest BCUT2D eigenvalue weighted by Crippen LogP contribution is 2.24. The van der Waals surface area contributed by atoms with Gasteiger partial charge in [-0.3, -0.25) is 0 Å². The summed E-state index contributed by atoms with van der Waals surface area (Å²) in [5.41, 5.74) is 3.68. The van der Waals surface area contributed by atoms with Gasteiger partial charge in [-0.05, 0) is 87.5 Å². The van der Waals surface area contributed by atoms with E-state index in [0.29, 0.717) is 11.2 Å². The van der Waals surface area contributed by atoms with Gasteiger partial charge >= 0.3 is 0 Å². The molecule has 2 N–H and O–H groups in total. The van der Waals surface area contributed by atoms with Crippen LogP contribution in [-0.2, 0) is 6.42 Å². The average Bonchev–Trinajstić information content (AvgIpc) is 3.14. The first kappa shape index (κ1) is 18.7. The van der Waals surface area contributed by atoms with Crippen molar-refractivity contribution in [2.45, 2.75) is 51.6 Å². The van der Waals surface area contributed by atoms with Crippen molar-refractivity contribution in [1.82, 2.24) is 5.32 Å². The van der Waals surface area contributed by atoms with Crippen LogP contribution in [0.15, 0.2) is 48.5 Å². The maximum absolute atomic E-state index is 5.99. The van der Waals surface area contributed by atoms with Crippen LogP contribution < -0.4 is 15.4 Å². The van der Waals surface area contributed by atoms with E-state index in [2.05, 4.69) is 41.8 Å². The molecule has 2 aromatic carbocycles. The second kappa shape index (κ2) is 9.58. The second-order valence-electron chi connectivity index (χ2n) is 7.02. The van der Waals surface area contributed by atoms with Gasteiger partial charge in [0.15, 0.2) is 5.11 Å². The summed E-state index contributed by atoms with van der Waals surface area (Å²) in [6.45, 7) is 2.99. The number of anilines is 1. The first-order valence-electron chi connectivity index (χ1n) is 9.56. The first-order valence-corrected chi connectivity index (χ1v) is 9.97. The maximum Gasteiger partial charge on any atom is 0.170 e. The van der Waals surface area contributed by atoms with Crippen molar-refractivity contribution in [1.29, 1.82) is 0 Å². The highest BCUT2D eigenvalue weighted by atomic mass is 32.1. The highest BCUT2D eigenvalue weighted by molar-refractivity contribution is 7.80. The zero-order chi connectivity index (χ0) is 18.2. The Hall–Kier alpha value is -2.07. The number of hydrogen-bond donors (Lipinski definition) is 2. The number of rotatable bonds is 7. The van der Waals surface area contributed by atoms with Crippen molar-refractivity contribution in [3.05, 3.63) is 59.7 Å². The summed E-state index contributed by atoms with van der Waals surface area (Å²) in [7, 11) is 0. The molecule has 138 valence electrons. The first-order chi connectivity index (χ1) is 12.7. The molecule has 3 rings (SSSR count). The van der Waals surface area contributed by atoms with Gasteiger partial charge in [0.05, 0.1) is 6.10 Å². The van der Waals surface area contributed by atoms with E-state index in [0.717, 1.165) is 30.8 Å². The van der Waals surface area contributed by atoms with Gasteiger partial charge in [0.1, 0.15) is 5.75 Å².